The van der Waals surface area contributed by atoms with E-state index in [1.165, 1.54) is 116 Å². The molecule has 0 amide bonds. The third kappa shape index (κ3) is 35.5. The first kappa shape index (κ1) is 45.4. The highest BCUT2D eigenvalue weighted by molar-refractivity contribution is 5.71. The van der Waals surface area contributed by atoms with E-state index in [0.29, 0.717) is 19.3 Å². The first-order valence-electron chi connectivity index (χ1n) is 20.4. The van der Waals surface area contributed by atoms with E-state index in [1.807, 2.05) is 0 Å². The molecule has 0 aliphatic carbocycles. The minimum atomic E-state index is -0.757. The maximum absolute atomic E-state index is 12.6. The fraction of sp³-hybridized carbons (Fsp3) is 0.927. The van der Waals surface area contributed by atoms with Gasteiger partial charge in [0.25, 0.3) is 0 Å². The van der Waals surface area contributed by atoms with Gasteiger partial charge in [-0.05, 0) is 25.2 Å². The Morgan fingerprint density at radius 3 is 1.04 bits per heavy atom. The maximum atomic E-state index is 12.6. The van der Waals surface area contributed by atoms with Crippen LogP contribution >= 0.6 is 0 Å². The van der Waals surface area contributed by atoms with E-state index in [4.69, 9.17) is 14.2 Å². The molecule has 0 radical (unpaired) electrons. The number of carbonyl (C=O) groups is 3. The van der Waals surface area contributed by atoms with Crippen LogP contribution in [0.2, 0.25) is 0 Å². The molecule has 6 heteroatoms. The smallest absolute Gasteiger partial charge is 0.306 e. The summed E-state index contributed by atoms with van der Waals surface area (Å²) in [4.78, 5) is 37.4. The summed E-state index contributed by atoms with van der Waals surface area (Å²) in [5, 5.41) is 0. The summed E-state index contributed by atoms with van der Waals surface area (Å²) >= 11 is 0. The molecule has 0 spiro atoms. The van der Waals surface area contributed by atoms with Crippen molar-refractivity contribution in [3.05, 3.63) is 0 Å². The molecule has 1 atom stereocenters. The van der Waals surface area contributed by atoms with Gasteiger partial charge in [-0.3, -0.25) is 14.4 Å². The van der Waals surface area contributed by atoms with E-state index >= 15 is 0 Å². The molecule has 0 bridgehead atoms. The van der Waals surface area contributed by atoms with Crippen molar-refractivity contribution in [2.45, 2.75) is 226 Å². The fourth-order valence-corrected chi connectivity index (χ4v) is 5.92. The summed E-state index contributed by atoms with van der Waals surface area (Å²) in [7, 11) is 0. The van der Waals surface area contributed by atoms with Gasteiger partial charge in [-0.2, -0.15) is 0 Å². The van der Waals surface area contributed by atoms with E-state index < -0.39 is 6.10 Å². The summed E-state index contributed by atoms with van der Waals surface area (Å²) < 4.78 is 16.6. The number of ether oxygens (including phenoxy) is 3. The molecule has 0 unspecified atom stereocenters. The second-order valence-electron chi connectivity index (χ2n) is 14.4. The van der Waals surface area contributed by atoms with Gasteiger partial charge >= 0.3 is 17.9 Å². The number of hydrogen-bond donors (Lipinski definition) is 0. The fourth-order valence-electron chi connectivity index (χ4n) is 5.92. The summed E-state index contributed by atoms with van der Waals surface area (Å²) in [6.07, 6.45) is 32.4. The van der Waals surface area contributed by atoms with Crippen molar-refractivity contribution in [3.8, 4) is 0 Å². The molecule has 0 saturated carbocycles. The molecule has 47 heavy (non-hydrogen) atoms. The largest absolute Gasteiger partial charge is 0.462 e. The molecule has 6 nitrogen and oxygen atoms in total. The molecule has 0 heterocycles. The molecule has 0 fully saturated rings. The number of rotatable bonds is 36. The van der Waals surface area contributed by atoms with Crippen LogP contribution in [0.4, 0.5) is 0 Å². The molecule has 0 aliphatic rings. The van der Waals surface area contributed by atoms with E-state index in [-0.39, 0.29) is 31.1 Å². The van der Waals surface area contributed by atoms with Gasteiger partial charge < -0.3 is 14.2 Å². The average molecular weight is 667 g/mol. The normalized spacial score (nSPS) is 11.9. The van der Waals surface area contributed by atoms with Crippen LogP contribution in [0.5, 0.6) is 0 Å². The topological polar surface area (TPSA) is 78.9 Å². The molecule has 278 valence electrons. The second kappa shape index (κ2) is 35.7. The van der Waals surface area contributed by atoms with Crippen LogP contribution in [0, 0.1) is 5.92 Å². The standard InChI is InChI=1S/C41H78O6/c1-5-7-9-11-13-15-17-21-26-30-34-41(44)47-38(35-45-39(42)32-28-24-20-16-14-12-10-8-6-2)36-46-40(43)33-29-25-22-18-19-23-27-31-37(3)4/h37-38H,5-36H2,1-4H3/t38-/m0/s1. The zero-order valence-electron chi connectivity index (χ0n) is 31.7. The summed E-state index contributed by atoms with van der Waals surface area (Å²) in [6.45, 7) is 8.89. The lowest BCUT2D eigenvalue weighted by molar-refractivity contribution is -0.167. The number of unbranched alkanes of at least 4 members (excludes halogenated alkanes) is 23. The summed E-state index contributed by atoms with van der Waals surface area (Å²) in [5.74, 6) is -0.0860. The van der Waals surface area contributed by atoms with Crippen LogP contribution in [-0.2, 0) is 28.6 Å². The monoisotopic (exact) mass is 667 g/mol. The molecule has 0 aromatic carbocycles. The first-order valence-corrected chi connectivity index (χ1v) is 20.4. The van der Waals surface area contributed by atoms with Crippen LogP contribution in [0.15, 0.2) is 0 Å². The van der Waals surface area contributed by atoms with Gasteiger partial charge in [-0.15, -0.1) is 0 Å². The van der Waals surface area contributed by atoms with Crippen molar-refractivity contribution in [1.29, 1.82) is 0 Å². The first-order chi connectivity index (χ1) is 22.9. The molecule has 0 aromatic heterocycles. The van der Waals surface area contributed by atoms with Crippen LogP contribution in [0.25, 0.3) is 0 Å². The Morgan fingerprint density at radius 2 is 0.702 bits per heavy atom. The van der Waals surface area contributed by atoms with Crippen molar-refractivity contribution >= 4 is 17.9 Å². The Bertz CT molecular complexity index is 706. The number of esters is 3. The van der Waals surface area contributed by atoms with Crippen molar-refractivity contribution < 1.29 is 28.6 Å². The minimum Gasteiger partial charge on any atom is -0.462 e. The summed E-state index contributed by atoms with van der Waals surface area (Å²) in [6, 6.07) is 0. The molecule has 0 saturated heterocycles. The molecular formula is C41H78O6. The van der Waals surface area contributed by atoms with Gasteiger partial charge in [0.15, 0.2) is 6.10 Å². The zero-order chi connectivity index (χ0) is 34.6. The van der Waals surface area contributed by atoms with Crippen LogP contribution in [0.3, 0.4) is 0 Å². The molecule has 0 N–H and O–H groups in total. The van der Waals surface area contributed by atoms with E-state index in [1.54, 1.807) is 0 Å². The van der Waals surface area contributed by atoms with Gasteiger partial charge in [0.2, 0.25) is 0 Å². The number of hydrogen-bond acceptors (Lipinski definition) is 6. The lowest BCUT2D eigenvalue weighted by atomic mass is 10.0. The highest BCUT2D eigenvalue weighted by Gasteiger charge is 2.19. The Balaban J connectivity index is 4.35. The van der Waals surface area contributed by atoms with Gasteiger partial charge in [0, 0.05) is 19.3 Å². The van der Waals surface area contributed by atoms with E-state index in [0.717, 1.165) is 63.7 Å². The second-order valence-corrected chi connectivity index (χ2v) is 14.4. The Labute approximate surface area is 291 Å². The Kier molecular flexibility index (Phi) is 34.5. The van der Waals surface area contributed by atoms with Gasteiger partial charge in [0.1, 0.15) is 13.2 Å². The maximum Gasteiger partial charge on any atom is 0.306 e. The highest BCUT2D eigenvalue weighted by Crippen LogP contribution is 2.15. The number of carbonyl (C=O) groups excluding carboxylic acids is 3. The molecule has 0 rings (SSSR count). The quantitative estimate of drug-likeness (QED) is 0.0376. The van der Waals surface area contributed by atoms with Crippen molar-refractivity contribution in [3.63, 3.8) is 0 Å². The van der Waals surface area contributed by atoms with Crippen LogP contribution in [0.1, 0.15) is 220 Å². The Hall–Kier alpha value is -1.59. The predicted octanol–water partition coefficient (Wildman–Crippen LogP) is 12.4. The van der Waals surface area contributed by atoms with Crippen molar-refractivity contribution in [2.75, 3.05) is 13.2 Å². The molecular weight excluding hydrogens is 588 g/mol. The van der Waals surface area contributed by atoms with Crippen LogP contribution < -0.4 is 0 Å². The Morgan fingerprint density at radius 1 is 0.404 bits per heavy atom. The molecule has 0 aliphatic heterocycles. The van der Waals surface area contributed by atoms with Gasteiger partial charge in [-0.25, -0.2) is 0 Å². The average Bonchev–Trinajstić information content (AvgIpc) is 3.05. The van der Waals surface area contributed by atoms with Crippen molar-refractivity contribution in [1.82, 2.24) is 0 Å². The lowest BCUT2D eigenvalue weighted by Crippen LogP contribution is -2.30. The minimum absolute atomic E-state index is 0.0654. The van der Waals surface area contributed by atoms with Crippen LogP contribution in [-0.4, -0.2) is 37.2 Å². The van der Waals surface area contributed by atoms with Crippen molar-refractivity contribution in [2.24, 2.45) is 5.92 Å². The zero-order valence-corrected chi connectivity index (χ0v) is 31.7. The van der Waals surface area contributed by atoms with Gasteiger partial charge in [-0.1, -0.05) is 182 Å². The SMILES string of the molecule is CCCCCCCCCCCCC(=O)O[C@@H](COC(=O)CCCCCCCCCCC)COC(=O)CCCCCCCCCC(C)C. The highest BCUT2D eigenvalue weighted by atomic mass is 16.6. The lowest BCUT2D eigenvalue weighted by Gasteiger charge is -2.18. The third-order valence-electron chi connectivity index (χ3n) is 9.04. The third-order valence-corrected chi connectivity index (χ3v) is 9.04. The summed E-state index contributed by atoms with van der Waals surface area (Å²) in [5.41, 5.74) is 0. The molecule has 0 aromatic rings. The van der Waals surface area contributed by atoms with E-state index in [2.05, 4.69) is 27.7 Å². The van der Waals surface area contributed by atoms with E-state index in [9.17, 15) is 14.4 Å². The predicted molar refractivity (Wildman–Crippen MR) is 196 cm³/mol. The van der Waals surface area contributed by atoms with Gasteiger partial charge in [0.05, 0.1) is 0 Å².